The Labute approximate surface area is 239 Å². The van der Waals surface area contributed by atoms with Crippen LogP contribution in [0, 0.1) is 6.92 Å². The van der Waals surface area contributed by atoms with E-state index in [9.17, 15) is 31.1 Å². The van der Waals surface area contributed by atoms with Crippen LogP contribution in [-0.4, -0.2) is 61.4 Å². The molecular weight excluding hydrogens is 590 g/mol. The van der Waals surface area contributed by atoms with Gasteiger partial charge in [-0.05, 0) is 43.8 Å². The van der Waals surface area contributed by atoms with Gasteiger partial charge in [-0.15, -0.1) is 0 Å². The maximum atomic E-state index is 12.1. The van der Waals surface area contributed by atoms with Gasteiger partial charge in [0.05, 0.1) is 12.2 Å². The molecule has 0 aliphatic heterocycles. The first-order valence-corrected chi connectivity index (χ1v) is 11.9. The number of nitrogens with zero attached hydrogens (tertiary/aromatic N) is 3. The lowest BCUT2D eigenvalue weighted by molar-refractivity contribution is -0.193. The minimum Gasteiger partial charge on any atom is -0.475 e. The van der Waals surface area contributed by atoms with Crippen molar-refractivity contribution < 1.29 is 50.6 Å². The number of halogens is 6. The zero-order valence-corrected chi connectivity index (χ0v) is 22.4. The van der Waals surface area contributed by atoms with Crippen LogP contribution in [0.25, 0.3) is 22.6 Å². The number of carboxylic acid groups (broad SMARTS) is 2. The molecule has 4 rings (SSSR count). The molecule has 16 heteroatoms. The van der Waals surface area contributed by atoms with Crippen molar-refractivity contribution >= 4 is 11.9 Å². The van der Waals surface area contributed by atoms with E-state index in [1.165, 1.54) is 11.6 Å². The number of aryl methyl sites for hydroxylation is 1. The van der Waals surface area contributed by atoms with Crippen LogP contribution in [0.5, 0.6) is 0 Å². The maximum absolute atomic E-state index is 12.1. The molecule has 0 fully saturated rings. The molecule has 230 valence electrons. The lowest BCUT2D eigenvalue weighted by atomic mass is 10.1. The van der Waals surface area contributed by atoms with Crippen molar-refractivity contribution in [1.82, 2.24) is 19.9 Å². The summed E-state index contributed by atoms with van der Waals surface area (Å²) in [6.07, 6.45) is -6.79. The van der Waals surface area contributed by atoms with Crippen molar-refractivity contribution in [3.8, 4) is 22.6 Å². The Balaban J connectivity index is 0.000000384. The Morgan fingerprint density at radius 3 is 1.86 bits per heavy atom. The van der Waals surface area contributed by atoms with Crippen molar-refractivity contribution in [3.63, 3.8) is 0 Å². The summed E-state index contributed by atoms with van der Waals surface area (Å²) >= 11 is 0. The Morgan fingerprint density at radius 1 is 0.860 bits per heavy atom. The molecule has 0 bridgehead atoms. The van der Waals surface area contributed by atoms with Gasteiger partial charge < -0.3 is 19.6 Å². The van der Waals surface area contributed by atoms with E-state index in [0.717, 1.165) is 35.7 Å². The highest BCUT2D eigenvalue weighted by Crippen LogP contribution is 2.20. The summed E-state index contributed by atoms with van der Waals surface area (Å²) in [5, 5.41) is 14.2. The highest BCUT2D eigenvalue weighted by molar-refractivity contribution is 5.73. The minimum absolute atomic E-state index is 0.181. The Morgan fingerprint density at radius 2 is 1.40 bits per heavy atom. The summed E-state index contributed by atoms with van der Waals surface area (Å²) in [4.78, 5) is 43.6. The molecule has 4 aromatic rings. The largest absolute Gasteiger partial charge is 0.490 e. The van der Waals surface area contributed by atoms with E-state index in [1.54, 1.807) is 12.4 Å². The first-order chi connectivity index (χ1) is 20.0. The second-order valence-corrected chi connectivity index (χ2v) is 8.70. The van der Waals surface area contributed by atoms with Crippen molar-refractivity contribution in [2.24, 2.45) is 0 Å². The standard InChI is InChI=1S/C23H22N4O2.2C2HF3O2/c1-16-3-8-20(29-16)15-27(2)14-17-4-6-19(7-5-17)23-25-21(13-22(28)26-23)18-9-11-24-12-10-18;2*3-2(4,5)1(6)7/h3-13H,14-15H2,1-2H3,(H,25,26,28);2*(H,6,7). The fraction of sp³-hybridized carbons (Fsp3) is 0.222. The van der Waals surface area contributed by atoms with Gasteiger partial charge in [0.25, 0.3) is 5.56 Å². The number of carbonyl (C=O) groups is 2. The molecule has 0 amide bonds. The maximum Gasteiger partial charge on any atom is 0.490 e. The number of hydrogen-bond acceptors (Lipinski definition) is 7. The molecule has 3 aromatic heterocycles. The summed E-state index contributed by atoms with van der Waals surface area (Å²) in [5.74, 6) is -3.08. The Bertz CT molecular complexity index is 1530. The molecule has 0 aliphatic rings. The highest BCUT2D eigenvalue weighted by atomic mass is 19.4. The van der Waals surface area contributed by atoms with E-state index in [4.69, 9.17) is 24.2 Å². The summed E-state index contributed by atoms with van der Waals surface area (Å²) < 4.78 is 69.1. The molecule has 0 radical (unpaired) electrons. The molecule has 3 heterocycles. The molecule has 43 heavy (non-hydrogen) atoms. The van der Waals surface area contributed by atoms with Crippen LogP contribution < -0.4 is 5.56 Å². The van der Waals surface area contributed by atoms with E-state index in [0.29, 0.717) is 11.5 Å². The molecule has 0 atom stereocenters. The van der Waals surface area contributed by atoms with E-state index in [2.05, 4.69) is 39.0 Å². The van der Waals surface area contributed by atoms with Crippen LogP contribution >= 0.6 is 0 Å². The zero-order chi connectivity index (χ0) is 32.4. The first kappa shape index (κ1) is 34.2. The fourth-order valence-corrected chi connectivity index (χ4v) is 3.24. The van der Waals surface area contributed by atoms with E-state index in [-0.39, 0.29) is 5.56 Å². The Kier molecular flexibility index (Phi) is 11.7. The zero-order valence-electron chi connectivity index (χ0n) is 22.4. The van der Waals surface area contributed by atoms with Gasteiger partial charge in [0.2, 0.25) is 0 Å². The topological polar surface area (TPSA) is 150 Å². The predicted octanol–water partition coefficient (Wildman–Crippen LogP) is 5.30. The average Bonchev–Trinajstić information content (AvgIpc) is 3.33. The summed E-state index contributed by atoms with van der Waals surface area (Å²) in [7, 11) is 2.06. The third kappa shape index (κ3) is 11.8. The molecule has 0 spiro atoms. The summed E-state index contributed by atoms with van der Waals surface area (Å²) in [6.45, 7) is 3.49. The number of H-pyrrole nitrogens is 1. The number of furan rings is 1. The van der Waals surface area contributed by atoms with Crippen molar-refractivity contribution in [1.29, 1.82) is 0 Å². The predicted molar refractivity (Wildman–Crippen MR) is 140 cm³/mol. The van der Waals surface area contributed by atoms with Gasteiger partial charge in [-0.3, -0.25) is 14.7 Å². The van der Waals surface area contributed by atoms with Gasteiger partial charge in [0.15, 0.2) is 0 Å². The number of aliphatic carboxylic acids is 2. The number of rotatable bonds is 6. The SMILES string of the molecule is Cc1ccc(CN(C)Cc2ccc(-c3nc(-c4ccncc4)cc(=O)[nH]3)cc2)o1.O=C(O)C(F)(F)F.O=C(O)C(F)(F)F. The lowest BCUT2D eigenvalue weighted by Crippen LogP contribution is -2.21. The lowest BCUT2D eigenvalue weighted by Gasteiger charge is -2.15. The van der Waals surface area contributed by atoms with Crippen LogP contribution in [0.3, 0.4) is 0 Å². The van der Waals surface area contributed by atoms with E-state index in [1.807, 2.05) is 43.3 Å². The minimum atomic E-state index is -5.08. The second-order valence-electron chi connectivity index (χ2n) is 8.70. The number of alkyl halides is 6. The number of carboxylic acids is 2. The fourth-order valence-electron chi connectivity index (χ4n) is 3.24. The molecule has 0 saturated heterocycles. The highest BCUT2D eigenvalue weighted by Gasteiger charge is 2.38. The van der Waals surface area contributed by atoms with Crippen LogP contribution in [-0.2, 0) is 22.7 Å². The first-order valence-electron chi connectivity index (χ1n) is 11.9. The van der Waals surface area contributed by atoms with E-state index < -0.39 is 24.3 Å². The van der Waals surface area contributed by atoms with Crippen molar-refractivity contribution in [2.45, 2.75) is 32.4 Å². The molecule has 10 nitrogen and oxygen atoms in total. The molecule has 0 saturated carbocycles. The molecule has 1 aromatic carbocycles. The normalized spacial score (nSPS) is 11.2. The molecular formula is C27H24F6N4O6. The van der Waals surface area contributed by atoms with Crippen LogP contribution in [0.1, 0.15) is 17.1 Å². The third-order valence-corrected chi connectivity index (χ3v) is 5.10. The molecule has 0 aliphatic carbocycles. The second kappa shape index (κ2) is 14.8. The van der Waals surface area contributed by atoms with Gasteiger partial charge in [-0.25, -0.2) is 14.6 Å². The number of aromatic nitrogens is 3. The van der Waals surface area contributed by atoms with Crippen LogP contribution in [0.4, 0.5) is 26.3 Å². The third-order valence-electron chi connectivity index (χ3n) is 5.10. The smallest absolute Gasteiger partial charge is 0.475 e. The van der Waals surface area contributed by atoms with Gasteiger partial charge >= 0.3 is 24.3 Å². The monoisotopic (exact) mass is 614 g/mol. The van der Waals surface area contributed by atoms with Gasteiger partial charge in [-0.1, -0.05) is 24.3 Å². The number of aromatic amines is 1. The van der Waals surface area contributed by atoms with Crippen LogP contribution in [0.15, 0.2) is 76.2 Å². The van der Waals surface area contributed by atoms with Crippen molar-refractivity contribution in [3.05, 3.63) is 94.4 Å². The quantitative estimate of drug-likeness (QED) is 0.246. The molecule has 3 N–H and O–H groups in total. The summed E-state index contributed by atoms with van der Waals surface area (Å²) in [6, 6.07) is 17.2. The van der Waals surface area contributed by atoms with Crippen LogP contribution in [0.2, 0.25) is 0 Å². The van der Waals surface area contributed by atoms with Gasteiger partial charge in [-0.2, -0.15) is 26.3 Å². The summed E-state index contributed by atoms with van der Waals surface area (Å²) in [5.41, 5.74) is 3.35. The van der Waals surface area contributed by atoms with Gasteiger partial charge in [0.1, 0.15) is 17.3 Å². The number of hydrogen-bond donors (Lipinski definition) is 3. The number of nitrogens with one attached hydrogen (secondary N) is 1. The van der Waals surface area contributed by atoms with Gasteiger partial charge in [0, 0.05) is 36.1 Å². The Hall–Kier alpha value is -4.99. The number of benzene rings is 1. The van der Waals surface area contributed by atoms with Crippen molar-refractivity contribution in [2.75, 3.05) is 7.05 Å². The average molecular weight is 614 g/mol. The molecule has 0 unspecified atom stereocenters. The number of pyridine rings is 1. The van der Waals surface area contributed by atoms with E-state index >= 15 is 0 Å².